The molecule has 1 aliphatic carbocycles. The number of hydrogen-bond donors (Lipinski definition) is 0. The third-order valence-corrected chi connectivity index (χ3v) is 7.96. The van der Waals surface area contributed by atoms with Crippen LogP contribution in [0.2, 0.25) is 0 Å². The molecule has 31 heavy (non-hydrogen) atoms. The molecule has 0 amide bonds. The van der Waals surface area contributed by atoms with E-state index in [2.05, 4.69) is 54.1 Å². The minimum atomic E-state index is 0. The maximum atomic E-state index is 6.39. The summed E-state index contributed by atoms with van der Waals surface area (Å²) >= 11 is 0. The topological polar surface area (TPSA) is 15.7 Å². The lowest BCUT2D eigenvalue weighted by atomic mass is 9.87. The normalized spacial score (nSPS) is 24.0. The zero-order valence-corrected chi connectivity index (χ0v) is 20.1. The lowest BCUT2D eigenvalue weighted by Gasteiger charge is -2.34. The fourth-order valence-corrected chi connectivity index (χ4v) is 6.21. The Morgan fingerprint density at radius 3 is 2.61 bits per heavy atom. The first-order valence-electron chi connectivity index (χ1n) is 12.3. The molecule has 0 aromatic heterocycles. The van der Waals surface area contributed by atoms with E-state index in [0.717, 1.165) is 18.2 Å². The molecule has 3 aliphatic rings. The summed E-state index contributed by atoms with van der Waals surface area (Å²) in [6.45, 7) is 7.06. The van der Waals surface area contributed by atoms with E-state index < -0.39 is 0 Å². The number of fused-ring (bicyclic) bond motifs is 3. The van der Waals surface area contributed by atoms with Gasteiger partial charge in [-0.05, 0) is 92.6 Å². The summed E-state index contributed by atoms with van der Waals surface area (Å²) in [4.78, 5) is 5.17. The Balaban J connectivity index is 0.00000231. The van der Waals surface area contributed by atoms with Gasteiger partial charge < -0.3 is 4.74 Å². The Morgan fingerprint density at radius 1 is 1.00 bits per heavy atom. The molecule has 2 fully saturated rings. The number of likely N-dealkylation sites (N-methyl/N-ethyl adjacent to an activating group) is 1. The molecule has 2 atom stereocenters. The summed E-state index contributed by atoms with van der Waals surface area (Å²) in [6.07, 6.45) is 11.2. The van der Waals surface area contributed by atoms with Crippen molar-refractivity contribution in [3.05, 3.63) is 41.5 Å². The molecule has 0 spiro atoms. The molecule has 170 valence electrons. The minimum absolute atomic E-state index is 0. The largest absolute Gasteiger partial charge is 0.489 e. The quantitative estimate of drug-likeness (QED) is 0.559. The molecule has 4 heteroatoms. The van der Waals surface area contributed by atoms with Crippen LogP contribution in [0, 0.1) is 5.92 Å². The Hall–Kier alpha value is -1.29. The molecule has 3 nitrogen and oxygen atoms in total. The fourth-order valence-electron chi connectivity index (χ4n) is 6.21. The first-order valence-corrected chi connectivity index (χ1v) is 12.3. The average Bonchev–Trinajstić information content (AvgIpc) is 3.20. The third-order valence-electron chi connectivity index (χ3n) is 7.96. The van der Waals surface area contributed by atoms with Crippen molar-refractivity contribution in [3.63, 3.8) is 0 Å². The highest BCUT2D eigenvalue weighted by molar-refractivity contribution is 5.88. The van der Waals surface area contributed by atoms with E-state index in [4.69, 9.17) is 4.74 Å². The first-order chi connectivity index (χ1) is 14.7. The van der Waals surface area contributed by atoms with Crippen molar-refractivity contribution in [1.82, 2.24) is 9.80 Å². The zero-order chi connectivity index (χ0) is 20.5. The van der Waals surface area contributed by atoms with Crippen molar-refractivity contribution in [1.29, 1.82) is 0 Å². The molecule has 0 radical (unpaired) electrons. The van der Waals surface area contributed by atoms with Crippen molar-refractivity contribution >= 4 is 23.2 Å². The molecular weight excluding hydrogens is 404 g/mol. The number of benzene rings is 2. The van der Waals surface area contributed by atoms with Crippen molar-refractivity contribution in [2.75, 3.05) is 26.7 Å². The molecule has 1 saturated heterocycles. The van der Waals surface area contributed by atoms with Gasteiger partial charge in [0.2, 0.25) is 0 Å². The highest BCUT2D eigenvalue weighted by atomic mass is 35.5. The maximum Gasteiger partial charge on any atom is 0.120 e. The number of likely N-dealkylation sites (tertiary alicyclic amines) is 1. The maximum absolute atomic E-state index is 6.39. The predicted octanol–water partition coefficient (Wildman–Crippen LogP) is 6.06. The van der Waals surface area contributed by atoms with Crippen LogP contribution in [-0.2, 0) is 13.0 Å². The predicted molar refractivity (Wildman–Crippen MR) is 132 cm³/mol. The van der Waals surface area contributed by atoms with Gasteiger partial charge in [0.15, 0.2) is 0 Å². The first kappa shape index (κ1) is 22.9. The smallest absolute Gasteiger partial charge is 0.120 e. The molecule has 2 unspecified atom stereocenters. The summed E-state index contributed by atoms with van der Waals surface area (Å²) < 4.78 is 6.39. The van der Waals surface area contributed by atoms with E-state index in [9.17, 15) is 0 Å². The molecule has 5 rings (SSSR count). The van der Waals surface area contributed by atoms with Crippen LogP contribution in [-0.4, -0.2) is 48.6 Å². The highest BCUT2D eigenvalue weighted by Crippen LogP contribution is 2.33. The van der Waals surface area contributed by atoms with Crippen molar-refractivity contribution in [2.24, 2.45) is 5.92 Å². The summed E-state index contributed by atoms with van der Waals surface area (Å²) in [5.74, 6) is 1.94. The second kappa shape index (κ2) is 10.1. The van der Waals surface area contributed by atoms with Gasteiger partial charge in [0.25, 0.3) is 0 Å². The number of nitrogens with zero attached hydrogens (tertiary/aromatic N) is 2. The lowest BCUT2D eigenvalue weighted by molar-refractivity contribution is 0.121. The molecule has 2 aromatic carbocycles. The van der Waals surface area contributed by atoms with Crippen molar-refractivity contribution in [2.45, 2.75) is 77.0 Å². The zero-order valence-electron chi connectivity index (χ0n) is 19.3. The molecule has 1 saturated carbocycles. The van der Waals surface area contributed by atoms with Crippen LogP contribution in [0.1, 0.15) is 63.0 Å². The van der Waals surface area contributed by atoms with Gasteiger partial charge in [-0.1, -0.05) is 37.5 Å². The number of rotatable bonds is 5. The van der Waals surface area contributed by atoms with Crippen LogP contribution in [0.25, 0.3) is 10.8 Å². The van der Waals surface area contributed by atoms with Gasteiger partial charge in [0.05, 0.1) is 0 Å². The van der Waals surface area contributed by atoms with Crippen LogP contribution in [0.4, 0.5) is 0 Å². The molecule has 2 heterocycles. The highest BCUT2D eigenvalue weighted by Gasteiger charge is 2.28. The van der Waals surface area contributed by atoms with E-state index in [-0.39, 0.29) is 18.5 Å². The monoisotopic (exact) mass is 442 g/mol. The molecular formula is C27H39ClN2O. The fraction of sp³-hybridized carbons (Fsp3) is 0.630. The van der Waals surface area contributed by atoms with E-state index in [1.165, 1.54) is 81.8 Å². The third kappa shape index (κ3) is 5.05. The van der Waals surface area contributed by atoms with E-state index >= 15 is 0 Å². The Kier molecular flexibility index (Phi) is 7.46. The van der Waals surface area contributed by atoms with Gasteiger partial charge >= 0.3 is 0 Å². The van der Waals surface area contributed by atoms with Crippen LogP contribution in [0.15, 0.2) is 30.3 Å². The van der Waals surface area contributed by atoms with Gasteiger partial charge in [0.1, 0.15) is 11.9 Å². The summed E-state index contributed by atoms with van der Waals surface area (Å²) in [5, 5.41) is 2.76. The number of hydrogen-bond acceptors (Lipinski definition) is 3. The summed E-state index contributed by atoms with van der Waals surface area (Å²) in [6, 6.07) is 12.0. The minimum Gasteiger partial charge on any atom is -0.489 e. The van der Waals surface area contributed by atoms with Gasteiger partial charge in [-0.2, -0.15) is 0 Å². The van der Waals surface area contributed by atoms with Crippen LogP contribution < -0.4 is 4.74 Å². The molecule has 2 aromatic rings. The Bertz CT molecular complexity index is 879. The van der Waals surface area contributed by atoms with E-state index in [1.807, 2.05) is 0 Å². The van der Waals surface area contributed by atoms with Crippen LogP contribution in [0.5, 0.6) is 5.75 Å². The van der Waals surface area contributed by atoms with Gasteiger partial charge in [0, 0.05) is 25.7 Å². The molecule has 2 aliphatic heterocycles. The van der Waals surface area contributed by atoms with Gasteiger partial charge in [-0.3, -0.25) is 9.80 Å². The van der Waals surface area contributed by atoms with E-state index in [0.29, 0.717) is 6.04 Å². The summed E-state index contributed by atoms with van der Waals surface area (Å²) in [5.41, 5.74) is 3.11. The molecule has 0 bridgehead atoms. The van der Waals surface area contributed by atoms with Crippen molar-refractivity contribution < 1.29 is 4.74 Å². The number of halogens is 1. The number of ether oxygens (including phenoxy) is 1. The van der Waals surface area contributed by atoms with Gasteiger partial charge in [-0.15, -0.1) is 12.4 Å². The van der Waals surface area contributed by atoms with Crippen LogP contribution >= 0.6 is 12.4 Å². The molecule has 0 N–H and O–H groups in total. The second-order valence-electron chi connectivity index (χ2n) is 10.1. The van der Waals surface area contributed by atoms with E-state index in [1.54, 1.807) is 11.1 Å². The van der Waals surface area contributed by atoms with Crippen molar-refractivity contribution in [3.8, 4) is 5.75 Å². The van der Waals surface area contributed by atoms with Crippen LogP contribution in [0.3, 0.4) is 0 Å². The average molecular weight is 443 g/mol. The Labute approximate surface area is 194 Å². The standard InChI is InChI=1S/C27H38N2O.ClH/c1-20(27-9-6-15-28(27)2)30-24-12-13-25-23(17-24)11-10-22-14-16-29(19-26(22)25)18-21-7-4-3-5-8-21;/h10-13,17,20-21,27H,3-9,14-16,18-19H2,1-2H3;1H. The lowest BCUT2D eigenvalue weighted by Crippen LogP contribution is -2.38. The van der Waals surface area contributed by atoms with Gasteiger partial charge in [-0.25, -0.2) is 0 Å². The Morgan fingerprint density at radius 2 is 1.84 bits per heavy atom. The SMILES string of the molecule is CC(Oc1ccc2c3c(ccc2c1)CCN(CC1CCCCC1)C3)C1CCCN1C.Cl. The second-order valence-corrected chi connectivity index (χ2v) is 10.1. The summed E-state index contributed by atoms with van der Waals surface area (Å²) in [7, 11) is 2.23.